The number of thiol groups is 1. The summed E-state index contributed by atoms with van der Waals surface area (Å²) in [6.07, 6.45) is 10.1. The Labute approximate surface area is 848 Å². The van der Waals surface area contributed by atoms with E-state index in [1.807, 2.05) is 83.1 Å². The van der Waals surface area contributed by atoms with E-state index in [1.165, 1.54) is 13.8 Å². The van der Waals surface area contributed by atoms with Crippen LogP contribution < -0.4 is 97.5 Å². The van der Waals surface area contributed by atoms with E-state index in [0.717, 1.165) is 37.8 Å². The van der Waals surface area contributed by atoms with Crippen molar-refractivity contribution in [3.05, 3.63) is 18.2 Å². The van der Waals surface area contributed by atoms with Gasteiger partial charge in [-0.15, -0.1) is 0 Å². The highest BCUT2D eigenvalue weighted by Crippen LogP contribution is 2.34. The second kappa shape index (κ2) is 72.2. The predicted octanol–water partition coefficient (Wildman–Crippen LogP) is 3.39. The van der Waals surface area contributed by atoms with Crippen LogP contribution in [0.3, 0.4) is 0 Å². The lowest BCUT2D eigenvalue weighted by atomic mass is 9.73. The second-order valence-electron chi connectivity index (χ2n) is 43.2. The maximum absolute atomic E-state index is 10.7. The fraction of sp³-hybridized carbons (Fsp3) is 0.783. The first-order chi connectivity index (χ1) is 63.6. The Hall–Kier alpha value is -10.2. The molecule has 0 aliphatic heterocycles. The molecule has 0 saturated carbocycles. The summed E-state index contributed by atoms with van der Waals surface area (Å²) in [6.45, 7) is 53.4. The average molecular weight is 2090 g/mol. The Balaban J connectivity index is -0.000000148. The summed E-state index contributed by atoms with van der Waals surface area (Å²) in [4.78, 5) is 178. The number of carboxylic acids is 14. The first-order valence-corrected chi connectivity index (χ1v) is 46.4. The van der Waals surface area contributed by atoms with E-state index >= 15 is 0 Å². The highest BCUT2D eigenvalue weighted by atomic mass is 32.1. The molecule has 0 aromatic carbocycles. The van der Waals surface area contributed by atoms with Gasteiger partial charge in [-0.25, -0.2) is 4.98 Å². The third-order valence-electron chi connectivity index (χ3n) is 23.5. The summed E-state index contributed by atoms with van der Waals surface area (Å²) in [5, 5.41) is 120. The zero-order valence-corrected chi connectivity index (χ0v) is 90.7. The number of H-pyrrole nitrogens is 1. The number of hydrogen-bond acceptors (Lipinski definition) is 32. The van der Waals surface area contributed by atoms with Crippen LogP contribution >= 0.6 is 12.6 Å². The van der Waals surface area contributed by atoms with Gasteiger partial charge < -0.3 is 174 Å². The largest absolute Gasteiger partial charge is 0.481 e. The summed E-state index contributed by atoms with van der Waals surface area (Å²) >= 11 is 3.99. The number of nitrogens with two attached hydrogens (primary N) is 17. The highest BCUT2D eigenvalue weighted by molar-refractivity contribution is 7.80. The molecule has 0 spiro atoms. The Kier molecular flexibility index (Phi) is 78.5. The normalized spacial score (nSPS) is 14.3. The van der Waals surface area contributed by atoms with Crippen molar-refractivity contribution >= 4 is 114 Å². The topological polar surface area (TPSA) is 1040 Å². The third-order valence-corrected chi connectivity index (χ3v) is 24.3. The molecule has 50 nitrogen and oxygen atoms in total. The molecule has 1 rings (SSSR count). The molecule has 0 bridgehead atoms. The van der Waals surface area contributed by atoms with Gasteiger partial charge in [-0.2, -0.15) is 12.6 Å². The van der Waals surface area contributed by atoms with Gasteiger partial charge in [0.15, 0.2) is 5.96 Å². The SMILES string of the molecule is CC(C)(C)C(N)C(=O)O.CC(C)(CC(=O)O)C(N)C(=O)O.CC(C)(CC(N)=O)C(N)C(=O)O.CC(C)(CCC(=O)O)C(N)C(=O)O.CC(C)(CCC(N)=O)C(N)C(=O)O.CC(C)(CCCCN)C(N)C(=O)O.CC(C)(CCCN=C(N)N)C(N)C(=O)O.CC(C)(CS)C(N)C(=O)O.CC(C)(Cc1cnc[nH]1)C(N)C(=O)O.CC(C)C(N)C(=O)O.CC(C)CC(C)(C)C(N)C(=O)O.CCC(C)C(C)(C)C(N)C(=O)O. The zero-order chi connectivity index (χ0) is 117. The molecule has 51 heteroatoms. The van der Waals surface area contributed by atoms with Crippen LogP contribution in [0.25, 0.3) is 0 Å². The number of nitrogens with zero attached hydrogens (tertiary/aromatic N) is 2. The number of aromatic nitrogens is 2. The number of carboxylic acid groups (broad SMARTS) is 14. The van der Waals surface area contributed by atoms with Crippen LogP contribution in [0.5, 0.6) is 0 Å². The molecular weight excluding hydrogens is 1900 g/mol. The first-order valence-electron chi connectivity index (χ1n) is 45.8. The Morgan fingerprint density at radius 3 is 0.874 bits per heavy atom. The fourth-order valence-corrected chi connectivity index (χ4v) is 11.3. The Morgan fingerprint density at radius 2 is 0.650 bits per heavy atom. The van der Waals surface area contributed by atoms with E-state index in [-0.39, 0.29) is 65.6 Å². The van der Waals surface area contributed by atoms with E-state index in [4.69, 9.17) is 169 Å². The van der Waals surface area contributed by atoms with Crippen LogP contribution in [0.15, 0.2) is 17.5 Å². The maximum Gasteiger partial charge on any atom is 0.321 e. The smallest absolute Gasteiger partial charge is 0.321 e. The molecule has 143 heavy (non-hydrogen) atoms. The number of amides is 2. The highest BCUT2D eigenvalue weighted by Gasteiger charge is 2.41. The minimum Gasteiger partial charge on any atom is -0.481 e. The molecular formula is C92H188N20O30S. The average Bonchev–Trinajstić information content (AvgIpc) is 1.83. The van der Waals surface area contributed by atoms with Gasteiger partial charge in [0.25, 0.3) is 0 Å². The van der Waals surface area contributed by atoms with Crippen molar-refractivity contribution in [2.24, 2.45) is 180 Å². The number of hydrogen-bond donors (Lipinski definition) is 33. The second-order valence-corrected chi connectivity index (χ2v) is 43.5. The van der Waals surface area contributed by atoms with Gasteiger partial charge in [0.05, 0.1) is 12.7 Å². The number of imidazole rings is 1. The predicted molar refractivity (Wildman–Crippen MR) is 549 cm³/mol. The van der Waals surface area contributed by atoms with Gasteiger partial charge >= 0.3 is 83.6 Å². The molecule has 0 fully saturated rings. The van der Waals surface area contributed by atoms with E-state index in [2.05, 4.69) is 41.4 Å². The number of carbonyl (C=O) groups is 16. The number of aliphatic carboxylic acids is 14. The van der Waals surface area contributed by atoms with Crippen molar-refractivity contribution in [3.8, 4) is 0 Å². The summed E-state index contributed by atoms with van der Waals surface area (Å²) < 4.78 is 0. The number of aromatic amines is 1. The van der Waals surface area contributed by atoms with Crippen LogP contribution in [0, 0.1) is 77.3 Å². The van der Waals surface area contributed by atoms with Crippen molar-refractivity contribution in [2.45, 2.75) is 363 Å². The van der Waals surface area contributed by atoms with Crippen molar-refractivity contribution in [2.75, 3.05) is 18.8 Å². The number of aliphatic imine (C=N–C) groups is 1. The molecule has 0 aliphatic rings. The number of unbranched alkanes of at least 4 members (excludes halogenated alkanes) is 1. The molecule has 1 heterocycles. The van der Waals surface area contributed by atoms with E-state index < -0.39 is 206 Å². The van der Waals surface area contributed by atoms with E-state index in [0.29, 0.717) is 56.4 Å². The summed E-state index contributed by atoms with van der Waals surface area (Å²) in [7, 11) is 0. The summed E-state index contributed by atoms with van der Waals surface area (Å²) in [5.41, 5.74) is 85.7. The van der Waals surface area contributed by atoms with Crippen molar-refractivity contribution < 1.29 is 148 Å². The zero-order valence-electron chi connectivity index (χ0n) is 89.8. The van der Waals surface area contributed by atoms with E-state index in [1.54, 1.807) is 103 Å². The minimum atomic E-state index is -1.18. The van der Waals surface area contributed by atoms with Gasteiger partial charge in [-0.1, -0.05) is 214 Å². The Bertz CT molecular complexity index is 3890. The molecule has 0 saturated heterocycles. The van der Waals surface area contributed by atoms with E-state index in [9.17, 15) is 76.7 Å². The molecule has 2 amide bonds. The van der Waals surface area contributed by atoms with Gasteiger partial charge in [-0.3, -0.25) is 81.7 Å². The Morgan fingerprint density at radius 1 is 0.357 bits per heavy atom. The third kappa shape index (κ3) is 75.3. The minimum absolute atomic E-state index is 0.0208. The summed E-state index contributed by atoms with van der Waals surface area (Å²) in [6, 6.07) is -10.6. The molecule has 1 aromatic heterocycles. The van der Waals surface area contributed by atoms with Gasteiger partial charge in [0.2, 0.25) is 11.8 Å². The van der Waals surface area contributed by atoms with Crippen LogP contribution in [0.2, 0.25) is 0 Å². The summed E-state index contributed by atoms with van der Waals surface area (Å²) in [5.74, 6) is -13.7. The monoisotopic (exact) mass is 2090 g/mol. The number of carbonyl (C=O) groups excluding carboxylic acids is 2. The molecule has 0 radical (unpaired) electrons. The van der Waals surface area contributed by atoms with Gasteiger partial charge in [-0.05, 0) is 136 Å². The van der Waals surface area contributed by atoms with Crippen LogP contribution in [-0.4, -0.2) is 274 Å². The van der Waals surface area contributed by atoms with Crippen LogP contribution in [0.1, 0.15) is 290 Å². The first kappa shape index (κ1) is 156. The number of rotatable bonds is 48. The lowest BCUT2D eigenvalue weighted by molar-refractivity contribution is -0.146. The molecule has 49 N–H and O–H groups in total. The molecule has 842 valence electrons. The van der Waals surface area contributed by atoms with Crippen molar-refractivity contribution in [1.82, 2.24) is 9.97 Å². The molecule has 13 atom stereocenters. The number of guanidine groups is 1. The van der Waals surface area contributed by atoms with Crippen LogP contribution in [-0.2, 0) is 83.1 Å². The number of nitrogens with one attached hydrogen (secondary N) is 1. The fourth-order valence-electron chi connectivity index (χ4n) is 11.1. The lowest BCUT2D eigenvalue weighted by Crippen LogP contribution is -2.47. The lowest BCUT2D eigenvalue weighted by Gasteiger charge is -2.34. The van der Waals surface area contributed by atoms with Crippen molar-refractivity contribution in [1.29, 1.82) is 0 Å². The molecule has 1 aromatic rings. The quantitative estimate of drug-likeness (QED) is 0.0192. The molecule has 13 unspecified atom stereocenters. The van der Waals surface area contributed by atoms with Gasteiger partial charge in [0, 0.05) is 43.1 Å². The van der Waals surface area contributed by atoms with Crippen molar-refractivity contribution in [3.63, 3.8) is 0 Å². The number of primary amides is 2. The molecule has 0 aliphatic carbocycles. The standard InChI is InChI=1S/C9H20N4O2.C9H15N3O2.C9H20N2O2.2C9H19NO2.C8H16N2O3.C8H15NO4.C7H14N2O3.C7H13NO4.C6H13NO2S.C6H13NO2.C5H11NO2/c1-9(2,6(10)7(14)15)4-3-5-13-8(11)12;1-9(2,7(10)8(13)14)3-6-4-11-5-12-6;1-9(2,5-3-4-6-10)7(11)8(12)13;1-6(2)5-9(3,4)7(10)8(11)12;1-5-6(2)9(3,4)7(10)8(11)12;1-8(2,4-3-5(9)11)6(10)7(12)13;1-8(2,4-3-5(10)11)6(9)7(12)13;1-7(2,3-4(8)10)5(9)6(11)12;1-7(2,3-4(9)10)5(8)6(11)12;1-6(2,3-10)4(7)5(8)9;1-6(2,3)4(7)5(8)9;1-3(2)4(6)5(7)8/h6H,3-5,10H2,1-2H3,(H,14,15)(H4,11,12,13);4-5,7H,3,10H2,1-2H3,(H,11,12)(H,13,14);7H,3-6,10-11H2,1-2H3,(H,12,13);2*6-7H,5,10H2,1-4H3,(H,11,12);6H,3-4,10H2,1-2H3,(H2,9,11)(H,12,13);6H,3-4,9H2,1-2H3,(H,10,11)(H,12,13);5H,3,9H2,1-2H3,(H2,8,10)(H,11,12);5H,3,8H2,1-2H3,(H,9,10)(H,11,12);4,10H,3,7H2,1-2H3,(H,8,9);4H,7H2,1-3H3,(H,8,9);3-4H,6H2,1-2H3,(H,7,8). The van der Waals surface area contributed by atoms with Gasteiger partial charge in [0.1, 0.15) is 72.5 Å². The van der Waals surface area contributed by atoms with Crippen LogP contribution in [0.4, 0.5) is 0 Å². The maximum atomic E-state index is 10.7.